The number of nitrogens with one attached hydrogen (secondary N) is 2. The number of hydrogen-bond donors (Lipinski definition) is 2. The average molecular weight is 504 g/mol. The molecule has 1 aromatic rings. The first kappa shape index (κ1) is 25.0. The Morgan fingerprint density at radius 3 is 2.46 bits per heavy atom. The third kappa shape index (κ3) is 9.93. The first-order valence-electron chi connectivity index (χ1n) is 10.1. The molecule has 6 nitrogen and oxygen atoms in total. The van der Waals surface area contributed by atoms with Crippen LogP contribution in [0.2, 0.25) is 0 Å². The van der Waals surface area contributed by atoms with E-state index in [9.17, 15) is 0 Å². The maximum atomic E-state index is 5.79. The van der Waals surface area contributed by atoms with Crippen molar-refractivity contribution >= 4 is 35.6 Å². The highest BCUT2D eigenvalue weighted by atomic mass is 127. The van der Waals surface area contributed by atoms with Crippen molar-refractivity contribution in [1.82, 2.24) is 10.6 Å². The molecule has 0 radical (unpaired) electrons. The van der Waals surface area contributed by atoms with E-state index in [4.69, 9.17) is 9.47 Å². The fourth-order valence-electron chi connectivity index (χ4n) is 3.05. The number of aliphatic imine (C=N–C) groups is 1. The molecule has 160 valence electrons. The highest BCUT2D eigenvalue weighted by Crippen LogP contribution is 2.14. The van der Waals surface area contributed by atoms with Crippen LogP contribution >= 0.6 is 24.0 Å². The monoisotopic (exact) mass is 504 g/mol. The molecule has 2 N–H and O–H groups in total. The van der Waals surface area contributed by atoms with Gasteiger partial charge in [-0.3, -0.25) is 4.99 Å². The Hall–Kier alpha value is -1.06. The van der Waals surface area contributed by atoms with Gasteiger partial charge in [-0.25, -0.2) is 0 Å². The van der Waals surface area contributed by atoms with Gasteiger partial charge in [-0.2, -0.15) is 0 Å². The summed E-state index contributed by atoms with van der Waals surface area (Å²) >= 11 is 0. The summed E-state index contributed by atoms with van der Waals surface area (Å²) in [5.41, 5.74) is 2.55. The minimum Gasteiger partial charge on any atom is -0.381 e. The van der Waals surface area contributed by atoms with Crippen LogP contribution in [0.3, 0.4) is 0 Å². The van der Waals surface area contributed by atoms with Gasteiger partial charge in [-0.05, 0) is 49.3 Å². The van der Waals surface area contributed by atoms with Crippen LogP contribution < -0.4 is 15.5 Å². The summed E-state index contributed by atoms with van der Waals surface area (Å²) in [6.45, 7) is 5.16. The summed E-state index contributed by atoms with van der Waals surface area (Å²) in [6, 6.07) is 8.68. The van der Waals surface area contributed by atoms with E-state index in [0.717, 1.165) is 71.2 Å². The molecule has 1 aliphatic heterocycles. The molecular weight excluding hydrogens is 467 g/mol. The lowest BCUT2D eigenvalue weighted by Gasteiger charge is -2.21. The molecular formula is C21H37IN4O2. The van der Waals surface area contributed by atoms with Gasteiger partial charge in [0, 0.05) is 66.3 Å². The number of benzene rings is 1. The van der Waals surface area contributed by atoms with Gasteiger partial charge in [0.2, 0.25) is 0 Å². The Kier molecular flexibility index (Phi) is 13.3. The molecule has 1 heterocycles. The van der Waals surface area contributed by atoms with Crippen LogP contribution in [0.4, 0.5) is 5.69 Å². The third-order valence-electron chi connectivity index (χ3n) is 4.83. The molecule has 1 saturated heterocycles. The molecule has 0 bridgehead atoms. The normalized spacial score (nSPS) is 15.0. The number of anilines is 1. The summed E-state index contributed by atoms with van der Waals surface area (Å²) in [5, 5.41) is 6.72. The van der Waals surface area contributed by atoms with E-state index >= 15 is 0 Å². The smallest absolute Gasteiger partial charge is 0.190 e. The van der Waals surface area contributed by atoms with Gasteiger partial charge in [-0.15, -0.1) is 24.0 Å². The van der Waals surface area contributed by atoms with Crippen LogP contribution in [0.15, 0.2) is 29.3 Å². The van der Waals surface area contributed by atoms with Crippen molar-refractivity contribution in [1.29, 1.82) is 0 Å². The summed E-state index contributed by atoms with van der Waals surface area (Å²) in [7, 11) is 5.92. The van der Waals surface area contributed by atoms with Crippen LogP contribution in [0.1, 0.15) is 24.8 Å². The summed E-state index contributed by atoms with van der Waals surface area (Å²) in [6.07, 6.45) is 4.22. The van der Waals surface area contributed by atoms with Crippen molar-refractivity contribution in [2.24, 2.45) is 10.9 Å². The Balaban J connectivity index is 0.00000392. The number of rotatable bonds is 10. The molecule has 0 saturated carbocycles. The molecule has 2 rings (SSSR count). The van der Waals surface area contributed by atoms with Crippen molar-refractivity contribution in [2.75, 3.05) is 65.6 Å². The number of halogens is 1. The molecule has 28 heavy (non-hydrogen) atoms. The van der Waals surface area contributed by atoms with Crippen molar-refractivity contribution < 1.29 is 9.47 Å². The maximum Gasteiger partial charge on any atom is 0.190 e. The van der Waals surface area contributed by atoms with Gasteiger partial charge in [0.05, 0.1) is 0 Å². The number of guanidine groups is 1. The zero-order chi connectivity index (χ0) is 19.3. The summed E-state index contributed by atoms with van der Waals surface area (Å²) in [5.74, 6) is 1.53. The molecule has 0 amide bonds. The van der Waals surface area contributed by atoms with Crippen molar-refractivity contribution in [3.05, 3.63) is 29.8 Å². The van der Waals surface area contributed by atoms with E-state index in [1.807, 2.05) is 7.05 Å². The largest absolute Gasteiger partial charge is 0.381 e. The first-order valence-corrected chi connectivity index (χ1v) is 10.1. The SMILES string of the molecule is CN=C(NCCCOCC1CCOCC1)NCCc1ccc(N(C)C)cc1.I. The second-order valence-electron chi connectivity index (χ2n) is 7.22. The molecule has 0 unspecified atom stereocenters. The molecule has 0 aliphatic carbocycles. The van der Waals surface area contributed by atoms with Crippen LogP contribution in [0.25, 0.3) is 0 Å². The van der Waals surface area contributed by atoms with Gasteiger partial charge in [-0.1, -0.05) is 12.1 Å². The Morgan fingerprint density at radius 1 is 1.14 bits per heavy atom. The van der Waals surface area contributed by atoms with Crippen LogP contribution in [0.5, 0.6) is 0 Å². The highest BCUT2D eigenvalue weighted by molar-refractivity contribution is 14.0. The maximum absolute atomic E-state index is 5.79. The van der Waals surface area contributed by atoms with Gasteiger partial charge in [0.1, 0.15) is 0 Å². The van der Waals surface area contributed by atoms with E-state index in [1.165, 1.54) is 11.3 Å². The van der Waals surface area contributed by atoms with E-state index < -0.39 is 0 Å². The standard InChI is InChI=1S/C21H36N4O2.HI/c1-22-21(23-12-4-14-27-17-19-10-15-26-16-11-19)24-13-9-18-5-7-20(8-6-18)25(2)3;/h5-8,19H,4,9-17H2,1-3H3,(H2,22,23,24);1H. The summed E-state index contributed by atoms with van der Waals surface area (Å²) < 4.78 is 11.2. The number of hydrogen-bond acceptors (Lipinski definition) is 4. The van der Waals surface area contributed by atoms with E-state index in [-0.39, 0.29) is 24.0 Å². The lowest BCUT2D eigenvalue weighted by molar-refractivity contribution is 0.0203. The second kappa shape index (κ2) is 14.9. The lowest BCUT2D eigenvalue weighted by atomic mass is 10.0. The minimum atomic E-state index is 0. The summed E-state index contributed by atoms with van der Waals surface area (Å²) in [4.78, 5) is 6.39. The third-order valence-corrected chi connectivity index (χ3v) is 4.83. The van der Waals surface area contributed by atoms with E-state index in [1.54, 1.807) is 0 Å². The van der Waals surface area contributed by atoms with Crippen LogP contribution in [0, 0.1) is 5.92 Å². The van der Waals surface area contributed by atoms with E-state index in [2.05, 4.69) is 58.9 Å². The predicted molar refractivity (Wildman–Crippen MR) is 128 cm³/mol. The van der Waals surface area contributed by atoms with Crippen LogP contribution in [-0.2, 0) is 15.9 Å². The molecule has 0 aromatic heterocycles. The Morgan fingerprint density at radius 2 is 1.82 bits per heavy atom. The zero-order valence-corrected chi connectivity index (χ0v) is 19.9. The number of nitrogens with zero attached hydrogens (tertiary/aromatic N) is 2. The van der Waals surface area contributed by atoms with Crippen molar-refractivity contribution in [3.8, 4) is 0 Å². The molecule has 1 fully saturated rings. The predicted octanol–water partition coefficient (Wildman–Crippen LogP) is 2.91. The lowest BCUT2D eigenvalue weighted by Crippen LogP contribution is -2.39. The first-order chi connectivity index (χ1) is 13.2. The van der Waals surface area contributed by atoms with Gasteiger partial charge in [0.25, 0.3) is 0 Å². The van der Waals surface area contributed by atoms with Crippen LogP contribution in [-0.4, -0.2) is 66.6 Å². The van der Waals surface area contributed by atoms with Crippen molar-refractivity contribution in [2.45, 2.75) is 25.7 Å². The zero-order valence-electron chi connectivity index (χ0n) is 17.6. The molecule has 1 aliphatic rings. The highest BCUT2D eigenvalue weighted by Gasteiger charge is 2.13. The van der Waals surface area contributed by atoms with Gasteiger partial charge >= 0.3 is 0 Å². The minimum absolute atomic E-state index is 0. The van der Waals surface area contributed by atoms with Crippen molar-refractivity contribution in [3.63, 3.8) is 0 Å². The molecule has 0 spiro atoms. The number of ether oxygens (including phenoxy) is 2. The second-order valence-corrected chi connectivity index (χ2v) is 7.22. The topological polar surface area (TPSA) is 58.1 Å². The molecule has 7 heteroatoms. The molecule has 0 atom stereocenters. The fourth-order valence-corrected chi connectivity index (χ4v) is 3.05. The molecule has 1 aromatic carbocycles. The average Bonchev–Trinajstić information content (AvgIpc) is 2.70. The van der Waals surface area contributed by atoms with Gasteiger partial charge < -0.3 is 25.0 Å². The van der Waals surface area contributed by atoms with E-state index in [0.29, 0.717) is 5.92 Å². The Labute approximate surface area is 187 Å². The quantitative estimate of drug-likeness (QED) is 0.222. The fraction of sp³-hybridized carbons (Fsp3) is 0.667. The Bertz CT molecular complexity index is 546. The van der Waals surface area contributed by atoms with Gasteiger partial charge in [0.15, 0.2) is 5.96 Å².